The topological polar surface area (TPSA) is 78.0 Å². The molecule has 126 valence electrons. The second-order valence-electron chi connectivity index (χ2n) is 6.03. The molecule has 4 rings (SSSR count). The minimum Gasteiger partial charge on any atom is -0.351 e. The third-order valence-electron chi connectivity index (χ3n) is 4.37. The lowest BCUT2D eigenvalue weighted by Crippen LogP contribution is -2.48. The maximum Gasteiger partial charge on any atom is 0.288 e. The first-order valence-electron chi connectivity index (χ1n) is 7.88. The summed E-state index contributed by atoms with van der Waals surface area (Å²) < 4.78 is 27.6. The van der Waals surface area contributed by atoms with Crippen molar-refractivity contribution in [3.63, 3.8) is 0 Å². The van der Waals surface area contributed by atoms with Gasteiger partial charge >= 0.3 is 0 Å². The number of piperazine rings is 1. The van der Waals surface area contributed by atoms with Gasteiger partial charge in [-0.3, -0.25) is 9.78 Å². The van der Waals surface area contributed by atoms with Crippen molar-refractivity contribution in [2.24, 2.45) is 0 Å². The maximum absolute atomic E-state index is 13.9. The standard InChI is InChI=1S/C15H16F2N6O/c16-10-7-18-8-19-13(10)22-3-5-23(6-4-22)15-20-12(9-1-2-9)11(17)14(24)21-15/h7-9H,1-6H2,(H,20,21,24). The van der Waals surface area contributed by atoms with Gasteiger partial charge in [-0.25, -0.2) is 19.3 Å². The Kier molecular flexibility index (Phi) is 3.62. The molecule has 2 fully saturated rings. The van der Waals surface area contributed by atoms with Crippen molar-refractivity contribution in [2.75, 3.05) is 36.0 Å². The molecule has 0 aromatic carbocycles. The lowest BCUT2D eigenvalue weighted by atomic mass is 10.2. The Labute approximate surface area is 136 Å². The number of aromatic nitrogens is 4. The van der Waals surface area contributed by atoms with Crippen LogP contribution in [0, 0.1) is 11.6 Å². The molecule has 0 unspecified atom stereocenters. The van der Waals surface area contributed by atoms with Gasteiger partial charge < -0.3 is 9.80 Å². The number of hydrogen-bond acceptors (Lipinski definition) is 6. The quantitative estimate of drug-likeness (QED) is 0.904. The second-order valence-corrected chi connectivity index (χ2v) is 6.03. The number of anilines is 2. The highest BCUT2D eigenvalue weighted by atomic mass is 19.1. The van der Waals surface area contributed by atoms with E-state index in [0.29, 0.717) is 32.1 Å². The highest BCUT2D eigenvalue weighted by Crippen LogP contribution is 2.39. The van der Waals surface area contributed by atoms with Crippen molar-refractivity contribution in [2.45, 2.75) is 18.8 Å². The van der Waals surface area contributed by atoms with Crippen LogP contribution in [-0.2, 0) is 0 Å². The summed E-state index contributed by atoms with van der Waals surface area (Å²) in [5.74, 6) is -0.532. The molecule has 0 atom stereocenters. The lowest BCUT2D eigenvalue weighted by molar-refractivity contribution is 0.563. The van der Waals surface area contributed by atoms with Crippen molar-refractivity contribution in [3.8, 4) is 0 Å². The van der Waals surface area contributed by atoms with Crippen LogP contribution in [0.25, 0.3) is 0 Å². The molecule has 0 radical (unpaired) electrons. The Morgan fingerprint density at radius 3 is 2.50 bits per heavy atom. The zero-order chi connectivity index (χ0) is 16.7. The fourth-order valence-corrected chi connectivity index (χ4v) is 2.91. The minimum absolute atomic E-state index is 0.0578. The lowest BCUT2D eigenvalue weighted by Gasteiger charge is -2.35. The fourth-order valence-electron chi connectivity index (χ4n) is 2.91. The number of H-pyrrole nitrogens is 1. The Morgan fingerprint density at radius 1 is 1.12 bits per heavy atom. The van der Waals surface area contributed by atoms with Gasteiger partial charge in [0.1, 0.15) is 6.33 Å². The summed E-state index contributed by atoms with van der Waals surface area (Å²) in [7, 11) is 0. The van der Waals surface area contributed by atoms with Crippen molar-refractivity contribution in [1.29, 1.82) is 0 Å². The van der Waals surface area contributed by atoms with Gasteiger partial charge in [-0.05, 0) is 12.8 Å². The normalized spacial score (nSPS) is 18.1. The van der Waals surface area contributed by atoms with Crippen LogP contribution in [0.4, 0.5) is 20.5 Å². The van der Waals surface area contributed by atoms with Crippen LogP contribution >= 0.6 is 0 Å². The van der Waals surface area contributed by atoms with E-state index in [4.69, 9.17) is 0 Å². The fraction of sp³-hybridized carbons (Fsp3) is 0.467. The smallest absolute Gasteiger partial charge is 0.288 e. The number of rotatable bonds is 3. The van der Waals surface area contributed by atoms with Crippen LogP contribution in [-0.4, -0.2) is 46.1 Å². The molecule has 1 saturated carbocycles. The molecule has 1 aliphatic heterocycles. The molecule has 0 spiro atoms. The highest BCUT2D eigenvalue weighted by Gasteiger charge is 2.31. The van der Waals surface area contributed by atoms with Crippen LogP contribution in [0.15, 0.2) is 17.3 Å². The summed E-state index contributed by atoms with van der Waals surface area (Å²) in [6.07, 6.45) is 4.18. The average Bonchev–Trinajstić information content (AvgIpc) is 3.43. The molecular formula is C15H16F2N6O. The van der Waals surface area contributed by atoms with Crippen LogP contribution in [0.3, 0.4) is 0 Å². The van der Waals surface area contributed by atoms with Gasteiger partial charge in [-0.1, -0.05) is 0 Å². The zero-order valence-corrected chi connectivity index (χ0v) is 12.9. The second kappa shape index (κ2) is 5.81. The first kappa shape index (κ1) is 15.0. The van der Waals surface area contributed by atoms with Gasteiger partial charge in [0.25, 0.3) is 5.56 Å². The van der Waals surface area contributed by atoms with E-state index in [0.717, 1.165) is 19.0 Å². The van der Waals surface area contributed by atoms with E-state index < -0.39 is 17.2 Å². The first-order chi connectivity index (χ1) is 11.6. The summed E-state index contributed by atoms with van der Waals surface area (Å²) in [6.45, 7) is 2.10. The molecule has 2 aliphatic rings. The molecule has 0 amide bonds. The van der Waals surface area contributed by atoms with E-state index in [1.165, 1.54) is 6.33 Å². The molecule has 2 aromatic rings. The van der Waals surface area contributed by atoms with E-state index in [1.807, 2.05) is 9.80 Å². The van der Waals surface area contributed by atoms with Crippen molar-refractivity contribution in [1.82, 2.24) is 19.9 Å². The average molecular weight is 334 g/mol. The Balaban J connectivity index is 1.52. The summed E-state index contributed by atoms with van der Waals surface area (Å²) in [5, 5.41) is 0. The van der Waals surface area contributed by atoms with Crippen LogP contribution in [0.2, 0.25) is 0 Å². The van der Waals surface area contributed by atoms with Crippen molar-refractivity contribution in [3.05, 3.63) is 40.2 Å². The van der Waals surface area contributed by atoms with Gasteiger partial charge in [-0.2, -0.15) is 4.39 Å². The highest BCUT2D eigenvalue weighted by molar-refractivity contribution is 5.42. The van der Waals surface area contributed by atoms with Crippen LogP contribution in [0.1, 0.15) is 24.5 Å². The first-order valence-corrected chi connectivity index (χ1v) is 7.88. The Morgan fingerprint density at radius 2 is 1.83 bits per heavy atom. The van der Waals surface area contributed by atoms with Gasteiger partial charge in [0.05, 0.1) is 11.9 Å². The van der Waals surface area contributed by atoms with Gasteiger partial charge in [-0.15, -0.1) is 0 Å². The molecule has 1 N–H and O–H groups in total. The van der Waals surface area contributed by atoms with Crippen LogP contribution < -0.4 is 15.4 Å². The number of nitrogens with one attached hydrogen (secondary N) is 1. The van der Waals surface area contributed by atoms with Gasteiger partial charge in [0.15, 0.2) is 11.6 Å². The maximum atomic E-state index is 13.9. The summed E-state index contributed by atoms with van der Waals surface area (Å²) >= 11 is 0. The molecule has 1 saturated heterocycles. The molecule has 0 bridgehead atoms. The minimum atomic E-state index is -0.775. The number of hydrogen-bond donors (Lipinski definition) is 1. The van der Waals surface area contributed by atoms with E-state index >= 15 is 0 Å². The summed E-state index contributed by atoms with van der Waals surface area (Å²) in [4.78, 5) is 29.9. The van der Waals surface area contributed by atoms with E-state index in [9.17, 15) is 13.6 Å². The summed E-state index contributed by atoms with van der Waals surface area (Å²) in [6, 6.07) is 0. The van der Waals surface area contributed by atoms with E-state index in [1.54, 1.807) is 0 Å². The molecule has 2 aromatic heterocycles. The summed E-state index contributed by atoms with van der Waals surface area (Å²) in [5.41, 5.74) is -0.468. The SMILES string of the molecule is O=c1[nH]c(N2CCN(c3ncncc3F)CC2)nc(C2CC2)c1F. The largest absolute Gasteiger partial charge is 0.351 e. The van der Waals surface area contributed by atoms with Crippen molar-refractivity contribution >= 4 is 11.8 Å². The van der Waals surface area contributed by atoms with Crippen LogP contribution in [0.5, 0.6) is 0 Å². The third kappa shape index (κ3) is 2.70. The number of nitrogens with zero attached hydrogens (tertiary/aromatic N) is 5. The number of halogens is 2. The van der Waals surface area contributed by atoms with E-state index in [2.05, 4.69) is 19.9 Å². The zero-order valence-electron chi connectivity index (χ0n) is 12.9. The Bertz CT molecular complexity index is 814. The molecular weight excluding hydrogens is 318 g/mol. The molecule has 7 nitrogen and oxygen atoms in total. The molecule has 24 heavy (non-hydrogen) atoms. The van der Waals surface area contributed by atoms with E-state index in [-0.39, 0.29) is 17.4 Å². The molecule has 1 aliphatic carbocycles. The predicted octanol–water partition coefficient (Wildman–Crippen LogP) is 1.04. The predicted molar refractivity (Wildman–Crippen MR) is 83.2 cm³/mol. The van der Waals surface area contributed by atoms with Gasteiger partial charge in [0.2, 0.25) is 11.8 Å². The molecule has 9 heteroatoms. The van der Waals surface area contributed by atoms with Gasteiger partial charge in [0, 0.05) is 32.1 Å². The third-order valence-corrected chi connectivity index (χ3v) is 4.37. The molecule has 3 heterocycles. The Hall–Kier alpha value is -2.58. The number of aromatic amines is 1. The van der Waals surface area contributed by atoms with Crippen molar-refractivity contribution < 1.29 is 8.78 Å². The monoisotopic (exact) mass is 334 g/mol.